The molecule has 0 spiro atoms. The lowest BCUT2D eigenvalue weighted by molar-refractivity contribution is -0.130. The van der Waals surface area contributed by atoms with Gasteiger partial charge in [0.05, 0.1) is 6.54 Å². The fourth-order valence-electron chi connectivity index (χ4n) is 2.53. The first-order chi connectivity index (χ1) is 12.7. The number of carbonyl (C=O) groups excluding carboxylic acids is 1. The average molecular weight is 481 g/mol. The third-order valence-electron chi connectivity index (χ3n) is 3.98. The highest BCUT2D eigenvalue weighted by Gasteiger charge is 2.12. The van der Waals surface area contributed by atoms with Crippen LogP contribution in [0.1, 0.15) is 18.2 Å². The number of amides is 1. The van der Waals surface area contributed by atoms with Crippen molar-refractivity contribution in [2.24, 2.45) is 4.99 Å². The van der Waals surface area contributed by atoms with E-state index >= 15 is 0 Å². The zero-order valence-electron chi connectivity index (χ0n) is 15.9. The van der Waals surface area contributed by atoms with Crippen molar-refractivity contribution in [1.29, 1.82) is 0 Å². The van der Waals surface area contributed by atoms with E-state index in [2.05, 4.69) is 20.6 Å². The fourth-order valence-corrected chi connectivity index (χ4v) is 2.53. The van der Waals surface area contributed by atoms with Crippen LogP contribution in [0.15, 0.2) is 59.7 Å². The smallest absolute Gasteiger partial charge is 0.242 e. The van der Waals surface area contributed by atoms with E-state index in [9.17, 15) is 4.79 Å². The molecule has 0 aliphatic heterocycles. The van der Waals surface area contributed by atoms with Crippen molar-refractivity contribution in [3.8, 4) is 0 Å². The number of halogens is 1. The van der Waals surface area contributed by atoms with Crippen molar-refractivity contribution in [2.45, 2.75) is 19.9 Å². The summed E-state index contributed by atoms with van der Waals surface area (Å²) >= 11 is 0. The molecule has 0 bridgehead atoms. The summed E-state index contributed by atoms with van der Waals surface area (Å²) in [6, 6.07) is 15.9. The van der Waals surface area contributed by atoms with E-state index in [1.165, 1.54) is 0 Å². The number of carbonyl (C=O) groups is 1. The average Bonchev–Trinajstić information content (AvgIpc) is 2.70. The quantitative estimate of drug-likeness (QED) is 0.346. The zero-order chi connectivity index (χ0) is 18.6. The molecule has 2 rings (SSSR count). The number of benzene rings is 1. The monoisotopic (exact) mass is 481 g/mol. The lowest BCUT2D eigenvalue weighted by atomic mass is 10.2. The number of rotatable bonds is 8. The molecule has 1 aromatic carbocycles. The van der Waals surface area contributed by atoms with E-state index in [1.54, 1.807) is 13.2 Å². The normalized spacial score (nSPS) is 10.7. The standard InChI is InChI=1S/C20H27N5O.HI/c1-3-25(16-17-9-5-4-6-10-17)19(26)15-24-20(21-2)23-14-12-18-11-7-8-13-22-18;/h4-11,13H,3,12,14-16H2,1-2H3,(H2,21,23,24);1H. The van der Waals surface area contributed by atoms with Crippen molar-refractivity contribution in [2.75, 3.05) is 26.7 Å². The van der Waals surface area contributed by atoms with Crippen molar-refractivity contribution in [3.63, 3.8) is 0 Å². The van der Waals surface area contributed by atoms with Crippen molar-refractivity contribution in [3.05, 3.63) is 66.0 Å². The number of aromatic nitrogens is 1. The van der Waals surface area contributed by atoms with E-state index in [0.717, 1.165) is 17.7 Å². The predicted octanol–water partition coefficient (Wildman–Crippen LogP) is 2.46. The summed E-state index contributed by atoms with van der Waals surface area (Å²) in [5.74, 6) is 0.661. The second-order valence-electron chi connectivity index (χ2n) is 5.82. The summed E-state index contributed by atoms with van der Waals surface area (Å²) in [4.78, 5) is 22.7. The van der Waals surface area contributed by atoms with E-state index in [4.69, 9.17) is 0 Å². The van der Waals surface area contributed by atoms with Crippen molar-refractivity contribution >= 4 is 35.8 Å². The maximum Gasteiger partial charge on any atom is 0.242 e. The Labute approximate surface area is 178 Å². The maximum absolute atomic E-state index is 12.5. The molecule has 0 atom stereocenters. The van der Waals surface area contributed by atoms with Crippen LogP contribution in [0.25, 0.3) is 0 Å². The zero-order valence-corrected chi connectivity index (χ0v) is 18.2. The highest BCUT2D eigenvalue weighted by atomic mass is 127. The molecule has 146 valence electrons. The first kappa shape index (κ1) is 22.9. The molecule has 7 heteroatoms. The van der Waals surface area contributed by atoms with Gasteiger partial charge in [-0.3, -0.25) is 14.8 Å². The van der Waals surface area contributed by atoms with E-state index in [-0.39, 0.29) is 36.4 Å². The van der Waals surface area contributed by atoms with Crippen LogP contribution in [0.4, 0.5) is 0 Å². The van der Waals surface area contributed by atoms with Crippen LogP contribution in [0.5, 0.6) is 0 Å². The Morgan fingerprint density at radius 3 is 2.48 bits per heavy atom. The molecule has 0 aliphatic carbocycles. The van der Waals surface area contributed by atoms with Gasteiger partial charge in [-0.15, -0.1) is 24.0 Å². The van der Waals surface area contributed by atoms with Gasteiger partial charge >= 0.3 is 0 Å². The van der Waals surface area contributed by atoms with Gasteiger partial charge in [0.1, 0.15) is 0 Å². The SMILES string of the molecule is CCN(Cc1ccccc1)C(=O)CNC(=NC)NCCc1ccccn1.I. The summed E-state index contributed by atoms with van der Waals surface area (Å²) in [5, 5.41) is 6.29. The summed E-state index contributed by atoms with van der Waals surface area (Å²) in [6.07, 6.45) is 2.58. The van der Waals surface area contributed by atoms with Gasteiger partial charge in [-0.25, -0.2) is 0 Å². The Balaban J connectivity index is 0.00000364. The molecule has 0 radical (unpaired) electrons. The van der Waals surface area contributed by atoms with Crippen LogP contribution in [-0.2, 0) is 17.8 Å². The first-order valence-electron chi connectivity index (χ1n) is 8.89. The van der Waals surface area contributed by atoms with Gasteiger partial charge in [0.25, 0.3) is 0 Å². The molecular weight excluding hydrogens is 453 g/mol. The number of guanidine groups is 1. The molecular formula is C20H28IN5O. The van der Waals surface area contributed by atoms with E-state index < -0.39 is 0 Å². The molecule has 6 nitrogen and oxygen atoms in total. The summed E-state index contributed by atoms with van der Waals surface area (Å²) in [6.45, 7) is 4.18. The van der Waals surface area contributed by atoms with Gasteiger partial charge < -0.3 is 15.5 Å². The third kappa shape index (κ3) is 8.38. The maximum atomic E-state index is 12.5. The van der Waals surface area contributed by atoms with Gasteiger partial charge in [0.2, 0.25) is 5.91 Å². The van der Waals surface area contributed by atoms with Crippen LogP contribution in [0.3, 0.4) is 0 Å². The van der Waals surface area contributed by atoms with Gasteiger partial charge in [-0.05, 0) is 24.6 Å². The molecule has 2 aromatic rings. The molecule has 2 N–H and O–H groups in total. The molecule has 0 aliphatic rings. The van der Waals surface area contributed by atoms with Crippen molar-refractivity contribution < 1.29 is 4.79 Å². The number of hydrogen-bond donors (Lipinski definition) is 2. The van der Waals surface area contributed by atoms with Gasteiger partial charge in [-0.1, -0.05) is 36.4 Å². The summed E-state index contributed by atoms with van der Waals surface area (Å²) in [7, 11) is 1.70. The van der Waals surface area contributed by atoms with Gasteiger partial charge in [0, 0.05) is 45.0 Å². The molecule has 0 fully saturated rings. The third-order valence-corrected chi connectivity index (χ3v) is 3.98. The summed E-state index contributed by atoms with van der Waals surface area (Å²) in [5.41, 5.74) is 2.15. The fraction of sp³-hybridized carbons (Fsp3) is 0.350. The Kier molecular flexibility index (Phi) is 11.1. The predicted molar refractivity (Wildman–Crippen MR) is 120 cm³/mol. The van der Waals surface area contributed by atoms with Crippen LogP contribution >= 0.6 is 24.0 Å². The molecule has 1 heterocycles. The Morgan fingerprint density at radius 2 is 1.85 bits per heavy atom. The number of pyridine rings is 1. The van der Waals surface area contributed by atoms with Crippen LogP contribution in [0, 0.1) is 0 Å². The lowest BCUT2D eigenvalue weighted by Crippen LogP contribution is -2.44. The second kappa shape index (κ2) is 13.1. The Morgan fingerprint density at radius 1 is 1.11 bits per heavy atom. The molecule has 0 unspecified atom stereocenters. The van der Waals surface area contributed by atoms with E-state index in [0.29, 0.717) is 25.6 Å². The topological polar surface area (TPSA) is 69.6 Å². The minimum Gasteiger partial charge on any atom is -0.356 e. The molecule has 1 amide bonds. The number of nitrogens with zero attached hydrogens (tertiary/aromatic N) is 3. The van der Waals surface area contributed by atoms with Gasteiger partial charge in [0.15, 0.2) is 5.96 Å². The number of aliphatic imine (C=N–C) groups is 1. The first-order valence-corrected chi connectivity index (χ1v) is 8.89. The summed E-state index contributed by atoms with van der Waals surface area (Å²) < 4.78 is 0. The number of likely N-dealkylation sites (N-methyl/N-ethyl adjacent to an activating group) is 1. The minimum atomic E-state index is 0. The van der Waals surface area contributed by atoms with Gasteiger partial charge in [-0.2, -0.15) is 0 Å². The second-order valence-corrected chi connectivity index (χ2v) is 5.82. The highest BCUT2D eigenvalue weighted by Crippen LogP contribution is 2.04. The van der Waals surface area contributed by atoms with Crippen LogP contribution in [0.2, 0.25) is 0 Å². The largest absolute Gasteiger partial charge is 0.356 e. The molecule has 1 aromatic heterocycles. The Hall–Kier alpha value is -2.16. The number of nitrogens with one attached hydrogen (secondary N) is 2. The molecule has 0 saturated heterocycles. The molecule has 27 heavy (non-hydrogen) atoms. The van der Waals surface area contributed by atoms with E-state index in [1.807, 2.05) is 60.4 Å². The lowest BCUT2D eigenvalue weighted by Gasteiger charge is -2.22. The van der Waals surface area contributed by atoms with Crippen molar-refractivity contribution in [1.82, 2.24) is 20.5 Å². The highest BCUT2D eigenvalue weighted by molar-refractivity contribution is 14.0. The molecule has 0 saturated carbocycles. The van der Waals surface area contributed by atoms with Crippen LogP contribution in [-0.4, -0.2) is 48.4 Å². The Bertz CT molecular complexity index is 694. The number of hydrogen-bond acceptors (Lipinski definition) is 3. The van der Waals surface area contributed by atoms with Crippen LogP contribution < -0.4 is 10.6 Å². The minimum absolute atomic E-state index is 0.